The van der Waals surface area contributed by atoms with Crippen molar-refractivity contribution in [1.29, 1.82) is 0 Å². The molecule has 0 radical (unpaired) electrons. The number of nitrogens with one attached hydrogen (secondary N) is 4. The van der Waals surface area contributed by atoms with Gasteiger partial charge in [0, 0.05) is 19.9 Å². The van der Waals surface area contributed by atoms with Crippen LogP contribution in [0.3, 0.4) is 0 Å². The number of rotatable bonds is 23. The molecule has 0 bridgehead atoms. The first kappa shape index (κ1) is 42.0. The van der Waals surface area contributed by atoms with Crippen molar-refractivity contribution in [2.45, 2.75) is 103 Å². The maximum atomic E-state index is 13.4. The van der Waals surface area contributed by atoms with E-state index in [1.165, 1.54) is 6.92 Å². The van der Waals surface area contributed by atoms with Gasteiger partial charge in [0.15, 0.2) is 11.7 Å². The van der Waals surface area contributed by atoms with Crippen molar-refractivity contribution in [2.24, 2.45) is 28.3 Å². The lowest BCUT2D eigenvalue weighted by Crippen LogP contribution is -2.58. The highest BCUT2D eigenvalue weighted by Crippen LogP contribution is 2.17. The fourth-order valence-electron chi connectivity index (χ4n) is 5.01. The zero-order chi connectivity index (χ0) is 37.1. The van der Waals surface area contributed by atoms with Gasteiger partial charge in [-0.05, 0) is 37.2 Å². The summed E-state index contributed by atoms with van der Waals surface area (Å²) in [7, 11) is 0. The fourth-order valence-corrected chi connectivity index (χ4v) is 5.01. The predicted octanol–water partition coefficient (Wildman–Crippen LogP) is 0.223. The van der Waals surface area contributed by atoms with Crippen LogP contribution in [0.2, 0.25) is 0 Å². The zero-order valence-electron chi connectivity index (χ0n) is 28.6. The van der Waals surface area contributed by atoms with Crippen LogP contribution in [0.4, 0.5) is 0 Å². The van der Waals surface area contributed by atoms with Crippen LogP contribution < -0.4 is 32.7 Å². The van der Waals surface area contributed by atoms with Gasteiger partial charge in [0.05, 0.1) is 18.4 Å². The second kappa shape index (κ2) is 21.8. The smallest absolute Gasteiger partial charge is 0.307 e. The molecule has 0 aromatic heterocycles. The normalized spacial score (nSPS) is 13.9. The van der Waals surface area contributed by atoms with Gasteiger partial charge in [0.1, 0.15) is 18.1 Å². The molecule has 1 aromatic rings. The van der Waals surface area contributed by atoms with E-state index in [2.05, 4.69) is 26.3 Å². The summed E-state index contributed by atoms with van der Waals surface area (Å²) >= 11 is 0. The topological polar surface area (TPSA) is 272 Å². The largest absolute Gasteiger partial charge is 0.481 e. The summed E-state index contributed by atoms with van der Waals surface area (Å²) in [6, 6.07) is 3.74. The molecule has 272 valence electrons. The maximum Gasteiger partial charge on any atom is 0.307 e. The quantitative estimate of drug-likeness (QED) is 0.0437. The number of benzene rings is 1. The minimum Gasteiger partial charge on any atom is -0.481 e. The van der Waals surface area contributed by atoms with Crippen LogP contribution in [0, 0.1) is 11.8 Å². The van der Waals surface area contributed by atoms with Crippen LogP contribution in [0.25, 0.3) is 0 Å². The molecule has 10 N–H and O–H groups in total. The van der Waals surface area contributed by atoms with E-state index in [4.69, 9.17) is 11.5 Å². The molecule has 0 aliphatic heterocycles. The molecular formula is C33H51N7O9. The molecule has 0 aliphatic carbocycles. The minimum atomic E-state index is -1.63. The van der Waals surface area contributed by atoms with Crippen LogP contribution in [0.5, 0.6) is 0 Å². The van der Waals surface area contributed by atoms with Crippen molar-refractivity contribution in [1.82, 2.24) is 21.3 Å². The molecule has 0 aliphatic rings. The molecule has 1 rings (SSSR count). The first-order chi connectivity index (χ1) is 23.0. The first-order valence-electron chi connectivity index (χ1n) is 16.3. The lowest BCUT2D eigenvalue weighted by Gasteiger charge is -2.27. The molecular weight excluding hydrogens is 638 g/mol. The summed E-state index contributed by atoms with van der Waals surface area (Å²) < 4.78 is 0. The monoisotopic (exact) mass is 689 g/mol. The number of Topliss-reactive ketones (excluding diaryl/α,β-unsaturated/α-hetero) is 1. The summed E-state index contributed by atoms with van der Waals surface area (Å²) in [6.45, 7) is 6.56. The van der Waals surface area contributed by atoms with Crippen LogP contribution in [-0.4, -0.2) is 88.2 Å². The van der Waals surface area contributed by atoms with Crippen molar-refractivity contribution in [2.75, 3.05) is 6.54 Å². The van der Waals surface area contributed by atoms with Crippen LogP contribution in [0.15, 0.2) is 35.3 Å². The number of nitrogens with two attached hydrogens (primary N) is 2. The van der Waals surface area contributed by atoms with Crippen LogP contribution in [0.1, 0.15) is 78.2 Å². The summed E-state index contributed by atoms with van der Waals surface area (Å²) in [5.41, 5.74) is 11.4. The van der Waals surface area contributed by atoms with E-state index >= 15 is 0 Å². The van der Waals surface area contributed by atoms with Gasteiger partial charge in [-0.25, -0.2) is 0 Å². The van der Waals surface area contributed by atoms with Crippen molar-refractivity contribution in [3.8, 4) is 0 Å². The Morgan fingerprint density at radius 2 is 1.33 bits per heavy atom. The Bertz CT molecular complexity index is 1320. The van der Waals surface area contributed by atoms with Gasteiger partial charge in [0.25, 0.3) is 0 Å². The van der Waals surface area contributed by atoms with Crippen LogP contribution >= 0.6 is 0 Å². The van der Waals surface area contributed by atoms with E-state index in [0.717, 1.165) is 5.56 Å². The second-order valence-corrected chi connectivity index (χ2v) is 12.2. The Morgan fingerprint density at radius 1 is 0.776 bits per heavy atom. The number of carbonyl (C=O) groups excluding carboxylic acids is 5. The standard InChI is InChI=1S/C33H51N7O9/c1-5-6-13-24(38-29(45)23(37-20(4)41)14-10-15-36-33(34)35)30(46)39-25(18-27(43)44)31(47)40-28(19(2)3)26(42)17-22(32(48)49)16-21-11-8-7-9-12-21/h7-9,11-12,19,22-25,28H,5-6,10,13-18H2,1-4H3,(H,37,41)(H,38,45)(H,39,46)(H,40,47)(H,43,44)(H,48,49)(H4,34,35,36)/t22-,23+,24+,25+,28+/m1/s1. The lowest BCUT2D eigenvalue weighted by atomic mass is 9.89. The predicted molar refractivity (Wildman–Crippen MR) is 181 cm³/mol. The fraction of sp³-hybridized carbons (Fsp3) is 0.576. The Kier molecular flexibility index (Phi) is 18.7. The Labute approximate surface area is 286 Å². The third-order valence-electron chi connectivity index (χ3n) is 7.56. The number of hydrogen-bond donors (Lipinski definition) is 8. The summed E-state index contributed by atoms with van der Waals surface area (Å²) in [6.07, 6.45) is 0.605. The van der Waals surface area contributed by atoms with Gasteiger partial charge < -0.3 is 42.9 Å². The molecule has 5 atom stereocenters. The molecule has 0 heterocycles. The lowest BCUT2D eigenvalue weighted by molar-refractivity contribution is -0.144. The highest BCUT2D eigenvalue weighted by atomic mass is 16.4. The van der Waals surface area contributed by atoms with Gasteiger partial charge in [-0.1, -0.05) is 63.9 Å². The highest BCUT2D eigenvalue weighted by Gasteiger charge is 2.34. The molecule has 1 aromatic carbocycles. The summed E-state index contributed by atoms with van der Waals surface area (Å²) in [5, 5.41) is 29.3. The molecule has 16 nitrogen and oxygen atoms in total. The number of carboxylic acid groups (broad SMARTS) is 2. The van der Waals surface area contributed by atoms with Gasteiger partial charge >= 0.3 is 11.9 Å². The van der Waals surface area contributed by atoms with Crippen molar-refractivity contribution < 1.29 is 43.8 Å². The number of guanidine groups is 1. The molecule has 0 spiro atoms. The zero-order valence-corrected chi connectivity index (χ0v) is 28.6. The van der Waals surface area contributed by atoms with Crippen molar-refractivity contribution >= 4 is 47.3 Å². The Hall–Kier alpha value is -5.02. The van der Waals surface area contributed by atoms with Crippen LogP contribution in [-0.2, 0) is 40.0 Å². The number of hydrogen-bond acceptors (Lipinski definition) is 8. The Morgan fingerprint density at radius 3 is 1.84 bits per heavy atom. The highest BCUT2D eigenvalue weighted by molar-refractivity contribution is 5.97. The minimum absolute atomic E-state index is 0.0856. The number of carboxylic acids is 2. The first-order valence-corrected chi connectivity index (χ1v) is 16.3. The molecule has 0 saturated heterocycles. The average Bonchev–Trinajstić information content (AvgIpc) is 3.01. The number of aliphatic carboxylic acids is 2. The molecule has 16 heteroatoms. The number of ketones is 1. The van der Waals surface area contributed by atoms with Gasteiger partial charge in [-0.3, -0.25) is 38.6 Å². The van der Waals surface area contributed by atoms with E-state index in [1.807, 2.05) is 6.92 Å². The third-order valence-corrected chi connectivity index (χ3v) is 7.56. The molecule has 0 saturated carbocycles. The number of amides is 4. The van der Waals surface area contributed by atoms with E-state index < -0.39 is 90.2 Å². The van der Waals surface area contributed by atoms with Gasteiger partial charge in [-0.15, -0.1) is 0 Å². The maximum absolute atomic E-state index is 13.4. The average molecular weight is 690 g/mol. The number of carbonyl (C=O) groups is 7. The second-order valence-electron chi connectivity index (χ2n) is 12.2. The molecule has 49 heavy (non-hydrogen) atoms. The van der Waals surface area contributed by atoms with Gasteiger partial charge in [-0.2, -0.15) is 0 Å². The summed E-state index contributed by atoms with van der Waals surface area (Å²) in [5.74, 6) is -7.84. The van der Waals surface area contributed by atoms with Gasteiger partial charge in [0.2, 0.25) is 23.6 Å². The van der Waals surface area contributed by atoms with E-state index in [-0.39, 0.29) is 31.8 Å². The summed E-state index contributed by atoms with van der Waals surface area (Å²) in [4.78, 5) is 92.7. The van der Waals surface area contributed by atoms with Crippen molar-refractivity contribution in [3.63, 3.8) is 0 Å². The molecule has 0 unspecified atom stereocenters. The number of unbranched alkanes of at least 4 members (excludes halogenated alkanes) is 1. The third kappa shape index (κ3) is 16.6. The van der Waals surface area contributed by atoms with E-state index in [0.29, 0.717) is 19.3 Å². The van der Waals surface area contributed by atoms with E-state index in [1.54, 1.807) is 44.2 Å². The number of aliphatic imine (C=N–C) groups is 1. The Balaban J connectivity index is 3.14. The van der Waals surface area contributed by atoms with Crippen molar-refractivity contribution in [3.05, 3.63) is 35.9 Å². The van der Waals surface area contributed by atoms with E-state index in [9.17, 15) is 43.8 Å². The number of nitrogens with zero attached hydrogens (tertiary/aromatic N) is 1. The SMILES string of the molecule is CCCC[C@H](NC(=O)[C@H](CCCN=C(N)N)NC(C)=O)C(=O)N[C@@H](CC(=O)O)C(=O)N[C@H](C(=O)C[C@@H](Cc1ccccc1)C(=O)O)C(C)C. The molecule has 0 fully saturated rings. The molecule has 4 amide bonds.